The normalized spacial score (nSPS) is 11.6. The van der Waals surface area contributed by atoms with E-state index in [9.17, 15) is 8.42 Å². The van der Waals surface area contributed by atoms with Gasteiger partial charge in [0.15, 0.2) is 0 Å². The van der Waals surface area contributed by atoms with Crippen molar-refractivity contribution in [2.75, 3.05) is 12.4 Å². The Bertz CT molecular complexity index is 1610. The Labute approximate surface area is 216 Å². The van der Waals surface area contributed by atoms with Gasteiger partial charge in [-0.05, 0) is 52.6 Å². The van der Waals surface area contributed by atoms with Gasteiger partial charge in [-0.3, -0.25) is 4.98 Å². The largest absolute Gasteiger partial charge is 0.373 e. The van der Waals surface area contributed by atoms with Crippen LogP contribution in [-0.4, -0.2) is 34.7 Å². The summed E-state index contributed by atoms with van der Waals surface area (Å²) in [6, 6.07) is 28.8. The van der Waals surface area contributed by atoms with Gasteiger partial charge in [0, 0.05) is 25.2 Å². The minimum absolute atomic E-state index is 0.0716. The molecular formula is C29H27N5O2S. The molecule has 5 aromatic rings. The molecule has 0 radical (unpaired) electrons. The highest BCUT2D eigenvalue weighted by atomic mass is 32.2. The summed E-state index contributed by atoms with van der Waals surface area (Å²) in [7, 11) is -1.78. The number of hydrogen-bond donors (Lipinski definition) is 1. The first-order valence-corrected chi connectivity index (χ1v) is 13.6. The van der Waals surface area contributed by atoms with Crippen LogP contribution < -0.4 is 5.32 Å². The molecule has 7 nitrogen and oxygen atoms in total. The van der Waals surface area contributed by atoms with Gasteiger partial charge in [0.1, 0.15) is 12.1 Å². The molecule has 0 saturated heterocycles. The third kappa shape index (κ3) is 5.82. The summed E-state index contributed by atoms with van der Waals surface area (Å²) < 4.78 is 28.6. The van der Waals surface area contributed by atoms with Crippen molar-refractivity contribution < 1.29 is 8.42 Å². The minimum atomic E-state index is -3.62. The minimum Gasteiger partial charge on any atom is -0.373 e. The zero-order valence-electron chi connectivity index (χ0n) is 20.4. The van der Waals surface area contributed by atoms with Gasteiger partial charge in [0.25, 0.3) is 0 Å². The zero-order valence-corrected chi connectivity index (χ0v) is 21.3. The van der Waals surface area contributed by atoms with E-state index in [1.165, 1.54) is 4.31 Å². The second-order valence-corrected chi connectivity index (χ2v) is 10.7. The standard InChI is InChI=1S/C29H27N5O2S/c1-30-29-27-17-25(13-14-28(27)32-21-33-29)24-11-7-10-23(16-24)18-34(19-26-12-5-6-15-31-26)37(35,36)20-22-8-3-2-4-9-22/h2-17,21H,18-20H2,1H3,(H,30,32,33). The van der Waals surface area contributed by atoms with Crippen molar-refractivity contribution in [3.05, 3.63) is 120 Å². The Morgan fingerprint density at radius 1 is 0.757 bits per heavy atom. The maximum Gasteiger partial charge on any atom is 0.218 e. The first-order valence-electron chi connectivity index (χ1n) is 12.0. The topological polar surface area (TPSA) is 88.1 Å². The molecule has 0 bridgehead atoms. The molecule has 0 spiro atoms. The maximum absolute atomic E-state index is 13.6. The van der Waals surface area contributed by atoms with Gasteiger partial charge in [0.2, 0.25) is 10.0 Å². The van der Waals surface area contributed by atoms with Crippen molar-refractivity contribution in [1.29, 1.82) is 0 Å². The molecular weight excluding hydrogens is 482 g/mol. The molecule has 0 aliphatic carbocycles. The second-order valence-electron chi connectivity index (χ2n) is 8.74. The summed E-state index contributed by atoms with van der Waals surface area (Å²) in [5, 5.41) is 4.04. The van der Waals surface area contributed by atoms with E-state index in [1.807, 2.05) is 92.0 Å². The van der Waals surface area contributed by atoms with Crippen molar-refractivity contribution in [3.8, 4) is 11.1 Å². The van der Waals surface area contributed by atoms with Crippen LogP contribution in [0.1, 0.15) is 16.8 Å². The predicted octanol–water partition coefficient (Wildman–Crippen LogP) is 5.27. The number of hydrogen-bond acceptors (Lipinski definition) is 6. The van der Waals surface area contributed by atoms with Gasteiger partial charge < -0.3 is 5.32 Å². The average molecular weight is 510 g/mol. The Morgan fingerprint density at radius 3 is 2.32 bits per heavy atom. The molecule has 5 rings (SSSR count). The molecule has 0 fully saturated rings. The SMILES string of the molecule is CNc1ncnc2ccc(-c3cccc(CN(Cc4ccccn4)S(=O)(=O)Cc4ccccc4)c3)cc12. The van der Waals surface area contributed by atoms with E-state index in [0.29, 0.717) is 5.69 Å². The average Bonchev–Trinajstić information content (AvgIpc) is 2.93. The number of rotatable bonds is 9. The number of sulfonamides is 1. The van der Waals surface area contributed by atoms with Crippen LogP contribution in [-0.2, 0) is 28.9 Å². The molecule has 0 aliphatic rings. The molecule has 0 aliphatic heterocycles. The van der Waals surface area contributed by atoms with E-state index in [-0.39, 0.29) is 18.8 Å². The number of benzene rings is 3. The van der Waals surface area contributed by atoms with E-state index >= 15 is 0 Å². The first kappa shape index (κ1) is 24.5. The second kappa shape index (κ2) is 10.9. The smallest absolute Gasteiger partial charge is 0.218 e. The van der Waals surface area contributed by atoms with Crippen molar-refractivity contribution in [3.63, 3.8) is 0 Å². The van der Waals surface area contributed by atoms with Crippen LogP contribution in [0.3, 0.4) is 0 Å². The van der Waals surface area contributed by atoms with Crippen LogP contribution in [0.2, 0.25) is 0 Å². The van der Waals surface area contributed by atoms with Gasteiger partial charge in [-0.25, -0.2) is 18.4 Å². The van der Waals surface area contributed by atoms with Crippen LogP contribution in [0.15, 0.2) is 104 Å². The maximum atomic E-state index is 13.6. The quantitative estimate of drug-likeness (QED) is 0.291. The van der Waals surface area contributed by atoms with Gasteiger partial charge in [0.05, 0.1) is 23.5 Å². The van der Waals surface area contributed by atoms with Crippen molar-refractivity contribution in [1.82, 2.24) is 19.3 Å². The molecule has 3 aromatic carbocycles. The van der Waals surface area contributed by atoms with E-state index in [1.54, 1.807) is 12.5 Å². The molecule has 2 heterocycles. The Balaban J connectivity index is 1.47. The molecule has 0 saturated carbocycles. The highest BCUT2D eigenvalue weighted by molar-refractivity contribution is 7.88. The number of aromatic nitrogens is 3. The summed E-state index contributed by atoms with van der Waals surface area (Å²) in [6.07, 6.45) is 3.22. The number of nitrogens with zero attached hydrogens (tertiary/aromatic N) is 4. The van der Waals surface area contributed by atoms with Gasteiger partial charge in [-0.15, -0.1) is 0 Å². The lowest BCUT2D eigenvalue weighted by Crippen LogP contribution is -2.31. The molecule has 8 heteroatoms. The van der Waals surface area contributed by atoms with Crippen LogP contribution in [0.4, 0.5) is 5.82 Å². The van der Waals surface area contributed by atoms with Crippen molar-refractivity contribution in [2.24, 2.45) is 0 Å². The fourth-order valence-electron chi connectivity index (χ4n) is 4.29. The number of pyridine rings is 1. The van der Waals surface area contributed by atoms with Gasteiger partial charge in [-0.1, -0.05) is 60.7 Å². The van der Waals surface area contributed by atoms with E-state index in [2.05, 4.69) is 26.3 Å². The van der Waals surface area contributed by atoms with Crippen LogP contribution >= 0.6 is 0 Å². The number of nitrogens with one attached hydrogen (secondary N) is 1. The van der Waals surface area contributed by atoms with Crippen LogP contribution in [0, 0.1) is 0 Å². The first-order chi connectivity index (χ1) is 18.0. The fraction of sp³-hybridized carbons (Fsp3) is 0.138. The Hall–Kier alpha value is -4.14. The summed E-state index contributed by atoms with van der Waals surface area (Å²) in [5.74, 6) is 0.689. The highest BCUT2D eigenvalue weighted by Crippen LogP contribution is 2.28. The summed E-state index contributed by atoms with van der Waals surface area (Å²) in [5.41, 5.74) is 5.19. The zero-order chi connectivity index (χ0) is 25.7. The summed E-state index contributed by atoms with van der Waals surface area (Å²) >= 11 is 0. The number of anilines is 1. The summed E-state index contributed by atoms with van der Waals surface area (Å²) in [4.78, 5) is 13.0. The Kier molecular flexibility index (Phi) is 7.20. The van der Waals surface area contributed by atoms with E-state index < -0.39 is 10.0 Å². The molecule has 0 unspecified atom stereocenters. The van der Waals surface area contributed by atoms with E-state index in [0.717, 1.165) is 39.0 Å². The summed E-state index contributed by atoms with van der Waals surface area (Å²) in [6.45, 7) is 0.428. The van der Waals surface area contributed by atoms with Crippen LogP contribution in [0.5, 0.6) is 0 Å². The monoisotopic (exact) mass is 509 g/mol. The lowest BCUT2D eigenvalue weighted by molar-refractivity contribution is 0.396. The van der Waals surface area contributed by atoms with Crippen molar-refractivity contribution in [2.45, 2.75) is 18.8 Å². The molecule has 1 N–H and O–H groups in total. The number of fused-ring (bicyclic) bond motifs is 1. The third-order valence-corrected chi connectivity index (χ3v) is 7.88. The predicted molar refractivity (Wildman–Crippen MR) is 147 cm³/mol. The fourth-order valence-corrected chi connectivity index (χ4v) is 5.76. The highest BCUT2D eigenvalue weighted by Gasteiger charge is 2.24. The Morgan fingerprint density at radius 2 is 1.54 bits per heavy atom. The van der Waals surface area contributed by atoms with Crippen molar-refractivity contribution >= 4 is 26.7 Å². The molecule has 2 aromatic heterocycles. The lowest BCUT2D eigenvalue weighted by Gasteiger charge is -2.22. The molecule has 0 amide bonds. The van der Waals surface area contributed by atoms with Gasteiger partial charge >= 0.3 is 0 Å². The lowest BCUT2D eigenvalue weighted by atomic mass is 10.0. The molecule has 0 atom stereocenters. The third-order valence-electron chi connectivity index (χ3n) is 6.14. The van der Waals surface area contributed by atoms with Crippen LogP contribution in [0.25, 0.3) is 22.0 Å². The van der Waals surface area contributed by atoms with Gasteiger partial charge in [-0.2, -0.15) is 4.31 Å². The van der Waals surface area contributed by atoms with E-state index in [4.69, 9.17) is 0 Å². The molecule has 186 valence electrons. The molecule has 37 heavy (non-hydrogen) atoms.